The Morgan fingerprint density at radius 3 is 2.15 bits per heavy atom. The molecule has 0 unspecified atom stereocenters. The number of aryl methyl sites for hydroxylation is 2. The lowest BCUT2D eigenvalue weighted by molar-refractivity contribution is -0.120. The van der Waals surface area contributed by atoms with E-state index < -0.39 is 10.0 Å². The van der Waals surface area contributed by atoms with Crippen molar-refractivity contribution in [1.29, 1.82) is 0 Å². The average molecular weight is 375 g/mol. The highest BCUT2D eigenvalue weighted by Gasteiger charge is 2.21. The second-order valence-corrected chi connectivity index (χ2v) is 8.40. The standard InChI is InChI=1S/C20H26N2O3S/c1-5-17-8-12-19(13-9-17)22(26(4,24)25)14-20(23)21-16(3)18-10-6-15(2)7-11-18/h6-13,16H,5,14H2,1-4H3,(H,21,23)/t16-/m1/s1. The van der Waals surface area contributed by atoms with Gasteiger partial charge in [-0.25, -0.2) is 8.42 Å². The minimum atomic E-state index is -3.57. The molecular formula is C20H26N2O3S. The molecule has 1 atom stereocenters. The van der Waals surface area contributed by atoms with Gasteiger partial charge in [-0.05, 0) is 43.5 Å². The molecule has 0 heterocycles. The van der Waals surface area contributed by atoms with Crippen LogP contribution in [0.3, 0.4) is 0 Å². The SMILES string of the molecule is CCc1ccc(N(CC(=O)N[C@H](C)c2ccc(C)cc2)S(C)(=O)=O)cc1. The maximum atomic E-state index is 12.4. The summed E-state index contributed by atoms with van der Waals surface area (Å²) in [4.78, 5) is 12.4. The van der Waals surface area contributed by atoms with Gasteiger partial charge in [-0.1, -0.05) is 48.9 Å². The lowest BCUT2D eigenvalue weighted by Crippen LogP contribution is -2.41. The summed E-state index contributed by atoms with van der Waals surface area (Å²) in [5.74, 6) is -0.344. The molecule has 140 valence electrons. The summed E-state index contributed by atoms with van der Waals surface area (Å²) < 4.78 is 25.5. The number of nitrogens with zero attached hydrogens (tertiary/aromatic N) is 1. The smallest absolute Gasteiger partial charge is 0.241 e. The van der Waals surface area contributed by atoms with E-state index in [4.69, 9.17) is 0 Å². The van der Waals surface area contributed by atoms with Crippen LogP contribution in [0.5, 0.6) is 0 Å². The van der Waals surface area contributed by atoms with Crippen molar-refractivity contribution >= 4 is 21.6 Å². The molecule has 5 nitrogen and oxygen atoms in total. The Bertz CT molecular complexity index is 844. The second-order valence-electron chi connectivity index (χ2n) is 6.49. The van der Waals surface area contributed by atoms with Crippen LogP contribution in [0.1, 0.15) is 36.6 Å². The van der Waals surface area contributed by atoms with Crippen molar-refractivity contribution in [3.05, 3.63) is 65.2 Å². The molecule has 0 fully saturated rings. The highest BCUT2D eigenvalue weighted by Crippen LogP contribution is 2.19. The summed E-state index contributed by atoms with van der Waals surface area (Å²) in [5, 5.41) is 2.87. The minimum Gasteiger partial charge on any atom is -0.348 e. The Hall–Kier alpha value is -2.34. The topological polar surface area (TPSA) is 66.5 Å². The van der Waals surface area contributed by atoms with Crippen LogP contribution in [-0.4, -0.2) is 27.1 Å². The number of carbonyl (C=O) groups is 1. The van der Waals surface area contributed by atoms with Crippen molar-refractivity contribution in [2.45, 2.75) is 33.2 Å². The summed E-state index contributed by atoms with van der Waals surface area (Å²) in [5.41, 5.74) is 3.72. The van der Waals surface area contributed by atoms with Gasteiger partial charge in [0.1, 0.15) is 6.54 Å². The first kappa shape index (κ1) is 20.0. The molecule has 0 spiro atoms. The number of sulfonamides is 1. The van der Waals surface area contributed by atoms with E-state index in [1.807, 2.05) is 57.2 Å². The van der Waals surface area contributed by atoms with E-state index >= 15 is 0 Å². The van der Waals surface area contributed by atoms with E-state index in [1.165, 1.54) is 0 Å². The van der Waals surface area contributed by atoms with Crippen LogP contribution in [0.25, 0.3) is 0 Å². The average Bonchev–Trinajstić information content (AvgIpc) is 2.59. The number of rotatable bonds is 7. The van der Waals surface area contributed by atoms with Crippen molar-refractivity contribution in [1.82, 2.24) is 5.32 Å². The zero-order valence-corrected chi connectivity index (χ0v) is 16.5. The number of carbonyl (C=O) groups excluding carboxylic acids is 1. The van der Waals surface area contributed by atoms with Crippen molar-refractivity contribution < 1.29 is 13.2 Å². The van der Waals surface area contributed by atoms with E-state index in [0.717, 1.165) is 33.7 Å². The quantitative estimate of drug-likeness (QED) is 0.809. The zero-order valence-electron chi connectivity index (χ0n) is 15.7. The number of hydrogen-bond acceptors (Lipinski definition) is 3. The predicted molar refractivity (Wildman–Crippen MR) is 106 cm³/mol. The Balaban J connectivity index is 2.12. The Morgan fingerprint density at radius 2 is 1.65 bits per heavy atom. The molecule has 2 aromatic carbocycles. The molecule has 0 saturated carbocycles. The van der Waals surface area contributed by atoms with Crippen LogP contribution >= 0.6 is 0 Å². The molecule has 1 N–H and O–H groups in total. The van der Waals surface area contributed by atoms with Gasteiger partial charge in [0.05, 0.1) is 18.0 Å². The Morgan fingerprint density at radius 1 is 1.08 bits per heavy atom. The highest BCUT2D eigenvalue weighted by atomic mass is 32.2. The Kier molecular flexibility index (Phi) is 6.42. The van der Waals surface area contributed by atoms with Gasteiger partial charge in [-0.3, -0.25) is 9.10 Å². The van der Waals surface area contributed by atoms with Gasteiger partial charge in [0.15, 0.2) is 0 Å². The van der Waals surface area contributed by atoms with Gasteiger partial charge in [0, 0.05) is 0 Å². The number of hydrogen-bond donors (Lipinski definition) is 1. The maximum Gasteiger partial charge on any atom is 0.241 e. The lowest BCUT2D eigenvalue weighted by Gasteiger charge is -2.23. The van der Waals surface area contributed by atoms with E-state index in [2.05, 4.69) is 5.32 Å². The molecule has 0 aliphatic rings. The van der Waals surface area contributed by atoms with Crippen LogP contribution in [0.2, 0.25) is 0 Å². The van der Waals surface area contributed by atoms with Crippen molar-refractivity contribution in [2.24, 2.45) is 0 Å². The third-order valence-corrected chi connectivity index (χ3v) is 5.42. The fourth-order valence-electron chi connectivity index (χ4n) is 2.65. The number of anilines is 1. The fourth-order valence-corrected chi connectivity index (χ4v) is 3.51. The summed E-state index contributed by atoms with van der Waals surface area (Å²) in [7, 11) is -3.57. The molecule has 6 heteroatoms. The summed E-state index contributed by atoms with van der Waals surface area (Å²) in [6.45, 7) is 5.66. The van der Waals surface area contributed by atoms with Crippen LogP contribution in [0.15, 0.2) is 48.5 Å². The van der Waals surface area contributed by atoms with E-state index in [1.54, 1.807) is 12.1 Å². The summed E-state index contributed by atoms with van der Waals surface area (Å²) in [6, 6.07) is 14.9. The van der Waals surface area contributed by atoms with Gasteiger partial charge in [0.2, 0.25) is 15.9 Å². The largest absolute Gasteiger partial charge is 0.348 e. The molecular weight excluding hydrogens is 348 g/mol. The molecule has 2 rings (SSSR count). The van der Waals surface area contributed by atoms with Gasteiger partial charge in [-0.15, -0.1) is 0 Å². The highest BCUT2D eigenvalue weighted by molar-refractivity contribution is 7.92. The Labute approximate surface area is 156 Å². The van der Waals surface area contributed by atoms with Crippen LogP contribution < -0.4 is 9.62 Å². The van der Waals surface area contributed by atoms with Gasteiger partial charge < -0.3 is 5.32 Å². The second kappa shape index (κ2) is 8.36. The fraction of sp³-hybridized carbons (Fsp3) is 0.350. The van der Waals surface area contributed by atoms with E-state index in [-0.39, 0.29) is 18.5 Å². The maximum absolute atomic E-state index is 12.4. The van der Waals surface area contributed by atoms with Crippen molar-refractivity contribution in [2.75, 3.05) is 17.1 Å². The van der Waals surface area contributed by atoms with Gasteiger partial charge in [0.25, 0.3) is 0 Å². The molecule has 0 radical (unpaired) electrons. The molecule has 0 aromatic heterocycles. The monoisotopic (exact) mass is 374 g/mol. The number of nitrogens with one attached hydrogen (secondary N) is 1. The first-order valence-corrected chi connectivity index (χ1v) is 10.5. The summed E-state index contributed by atoms with van der Waals surface area (Å²) >= 11 is 0. The van der Waals surface area contributed by atoms with Crippen LogP contribution in [-0.2, 0) is 21.2 Å². The lowest BCUT2D eigenvalue weighted by atomic mass is 10.1. The molecule has 0 aliphatic heterocycles. The number of benzene rings is 2. The predicted octanol–water partition coefficient (Wildman–Crippen LogP) is 3.20. The molecule has 2 aromatic rings. The van der Waals surface area contributed by atoms with Crippen molar-refractivity contribution in [3.8, 4) is 0 Å². The molecule has 26 heavy (non-hydrogen) atoms. The van der Waals surface area contributed by atoms with Gasteiger partial charge >= 0.3 is 0 Å². The van der Waals surface area contributed by atoms with Crippen LogP contribution in [0.4, 0.5) is 5.69 Å². The molecule has 0 saturated heterocycles. The normalized spacial score (nSPS) is 12.5. The first-order chi connectivity index (χ1) is 12.2. The third kappa shape index (κ3) is 5.33. The molecule has 0 bridgehead atoms. The third-order valence-electron chi connectivity index (χ3n) is 4.27. The van der Waals surface area contributed by atoms with Gasteiger partial charge in [-0.2, -0.15) is 0 Å². The minimum absolute atomic E-state index is 0.202. The number of amides is 1. The zero-order chi connectivity index (χ0) is 19.3. The molecule has 1 amide bonds. The molecule has 0 aliphatic carbocycles. The van der Waals surface area contributed by atoms with Crippen LogP contribution in [0, 0.1) is 6.92 Å². The summed E-state index contributed by atoms with van der Waals surface area (Å²) in [6.07, 6.45) is 1.98. The van der Waals surface area contributed by atoms with E-state index in [9.17, 15) is 13.2 Å². The first-order valence-electron chi connectivity index (χ1n) is 8.63. The van der Waals surface area contributed by atoms with E-state index in [0.29, 0.717) is 5.69 Å². The van der Waals surface area contributed by atoms with Crippen molar-refractivity contribution in [3.63, 3.8) is 0 Å².